The van der Waals surface area contributed by atoms with Crippen molar-refractivity contribution < 1.29 is 9.59 Å². The Kier molecular flexibility index (Phi) is 5.46. The number of benzene rings is 1. The molecule has 0 atom stereocenters. The molecule has 0 saturated heterocycles. The number of nitrogens with one attached hydrogen (secondary N) is 2. The lowest BCUT2D eigenvalue weighted by Gasteiger charge is -2.14. The number of rotatable bonds is 4. The summed E-state index contributed by atoms with van der Waals surface area (Å²) in [6, 6.07) is 11.1. The monoisotopic (exact) mass is 311 g/mol. The first-order chi connectivity index (χ1) is 11.0. The summed E-state index contributed by atoms with van der Waals surface area (Å²) >= 11 is 0. The van der Waals surface area contributed by atoms with Crippen LogP contribution in [0.5, 0.6) is 0 Å². The molecule has 1 aromatic heterocycles. The molecular formula is C18H21N3O2. The van der Waals surface area contributed by atoms with E-state index in [1.807, 2.05) is 45.0 Å². The van der Waals surface area contributed by atoms with Gasteiger partial charge in [0.1, 0.15) is 5.82 Å². The maximum atomic E-state index is 12.2. The summed E-state index contributed by atoms with van der Waals surface area (Å²) in [6.45, 7) is 5.85. The molecule has 2 N–H and O–H groups in total. The molecule has 5 nitrogen and oxygen atoms in total. The third-order valence-electron chi connectivity index (χ3n) is 3.57. The number of nitrogens with zero attached hydrogens (tertiary/aromatic N) is 1. The van der Waals surface area contributed by atoms with Crippen molar-refractivity contribution in [3.05, 3.63) is 53.2 Å². The predicted octanol–water partition coefficient (Wildman–Crippen LogP) is 3.09. The lowest BCUT2D eigenvalue weighted by molar-refractivity contribution is -0.133. The Balaban J connectivity index is 2.14. The van der Waals surface area contributed by atoms with Crippen molar-refractivity contribution >= 4 is 23.3 Å². The predicted molar refractivity (Wildman–Crippen MR) is 91.4 cm³/mol. The fourth-order valence-corrected chi connectivity index (χ4v) is 2.36. The van der Waals surface area contributed by atoms with E-state index in [0.29, 0.717) is 5.82 Å². The molecule has 23 heavy (non-hydrogen) atoms. The number of aromatic nitrogens is 1. The van der Waals surface area contributed by atoms with E-state index in [2.05, 4.69) is 15.6 Å². The number of pyridine rings is 1. The number of hydrogen-bond donors (Lipinski definition) is 2. The van der Waals surface area contributed by atoms with Crippen LogP contribution in [0.2, 0.25) is 0 Å². The number of amides is 2. The second-order valence-electron chi connectivity index (χ2n) is 5.23. The number of anilines is 2. The fraction of sp³-hybridized carbons (Fsp3) is 0.278. The van der Waals surface area contributed by atoms with Gasteiger partial charge in [-0.1, -0.05) is 38.1 Å². The van der Waals surface area contributed by atoms with Crippen LogP contribution in [0.3, 0.4) is 0 Å². The smallest absolute Gasteiger partial charge is 0.315 e. The van der Waals surface area contributed by atoms with Crippen LogP contribution >= 0.6 is 0 Å². The van der Waals surface area contributed by atoms with Gasteiger partial charge in [-0.25, -0.2) is 4.98 Å². The molecule has 5 heteroatoms. The summed E-state index contributed by atoms with van der Waals surface area (Å²) in [6.07, 6.45) is 1.56. The fourth-order valence-electron chi connectivity index (χ4n) is 2.36. The number of carbonyl (C=O) groups excluding carboxylic acids is 2. The van der Waals surface area contributed by atoms with Gasteiger partial charge >= 0.3 is 11.8 Å². The van der Waals surface area contributed by atoms with Crippen molar-refractivity contribution in [3.8, 4) is 0 Å². The first-order valence-electron chi connectivity index (χ1n) is 7.71. The summed E-state index contributed by atoms with van der Waals surface area (Å²) in [4.78, 5) is 28.4. The molecule has 0 fully saturated rings. The molecule has 120 valence electrons. The number of carbonyl (C=O) groups is 2. The Morgan fingerprint density at radius 1 is 0.913 bits per heavy atom. The SMILES string of the molecule is CCc1cccc(CC)c1NC(=O)C(=O)Nc1cccc(C)n1. The van der Waals surface area contributed by atoms with Gasteiger partial charge in [-0.05, 0) is 43.0 Å². The Morgan fingerprint density at radius 3 is 2.04 bits per heavy atom. The summed E-state index contributed by atoms with van der Waals surface area (Å²) in [7, 11) is 0. The third-order valence-corrected chi connectivity index (χ3v) is 3.57. The Labute approximate surface area is 136 Å². The molecule has 1 heterocycles. The standard InChI is InChI=1S/C18H21N3O2/c1-4-13-9-7-10-14(5-2)16(13)21-18(23)17(22)20-15-11-6-8-12(3)19-15/h6-11H,4-5H2,1-3H3,(H,21,23)(H,19,20,22). The van der Waals surface area contributed by atoms with Gasteiger partial charge in [0.2, 0.25) is 0 Å². The lowest BCUT2D eigenvalue weighted by atomic mass is 10.0. The van der Waals surface area contributed by atoms with E-state index >= 15 is 0 Å². The highest BCUT2D eigenvalue weighted by Crippen LogP contribution is 2.22. The van der Waals surface area contributed by atoms with Crippen molar-refractivity contribution in [2.24, 2.45) is 0 Å². The first kappa shape index (κ1) is 16.7. The Morgan fingerprint density at radius 2 is 1.48 bits per heavy atom. The van der Waals surface area contributed by atoms with Crippen LogP contribution in [-0.4, -0.2) is 16.8 Å². The maximum Gasteiger partial charge on any atom is 0.315 e. The van der Waals surface area contributed by atoms with E-state index in [1.165, 1.54) is 0 Å². The largest absolute Gasteiger partial charge is 0.317 e. The summed E-state index contributed by atoms with van der Waals surface area (Å²) < 4.78 is 0. The van der Waals surface area contributed by atoms with Crippen LogP contribution in [-0.2, 0) is 22.4 Å². The topological polar surface area (TPSA) is 71.1 Å². The van der Waals surface area contributed by atoms with Gasteiger partial charge in [-0.2, -0.15) is 0 Å². The normalized spacial score (nSPS) is 10.2. The highest BCUT2D eigenvalue weighted by molar-refractivity contribution is 6.43. The molecule has 0 radical (unpaired) electrons. The highest BCUT2D eigenvalue weighted by atomic mass is 16.2. The van der Waals surface area contributed by atoms with Crippen LogP contribution < -0.4 is 10.6 Å². The van der Waals surface area contributed by atoms with Gasteiger partial charge in [0.25, 0.3) is 0 Å². The van der Waals surface area contributed by atoms with Crippen molar-refractivity contribution in [2.75, 3.05) is 10.6 Å². The van der Waals surface area contributed by atoms with Gasteiger partial charge in [0, 0.05) is 11.4 Å². The molecule has 0 saturated carbocycles. The van der Waals surface area contributed by atoms with Crippen LogP contribution in [0.25, 0.3) is 0 Å². The molecule has 1 aromatic carbocycles. The molecule has 2 aromatic rings. The van der Waals surface area contributed by atoms with Gasteiger partial charge in [-0.15, -0.1) is 0 Å². The van der Waals surface area contributed by atoms with Gasteiger partial charge in [0.05, 0.1) is 0 Å². The average Bonchev–Trinajstić information content (AvgIpc) is 2.54. The Bertz CT molecular complexity index is 704. The zero-order valence-electron chi connectivity index (χ0n) is 13.6. The maximum absolute atomic E-state index is 12.2. The minimum atomic E-state index is -0.726. The second-order valence-corrected chi connectivity index (χ2v) is 5.23. The van der Waals surface area contributed by atoms with Crippen molar-refractivity contribution in [1.82, 2.24) is 4.98 Å². The second kappa shape index (κ2) is 7.54. The van der Waals surface area contributed by atoms with Crippen molar-refractivity contribution in [1.29, 1.82) is 0 Å². The summed E-state index contributed by atoms with van der Waals surface area (Å²) in [5.41, 5.74) is 3.53. The molecule has 2 rings (SSSR count). The molecule has 0 bridgehead atoms. The summed E-state index contributed by atoms with van der Waals surface area (Å²) in [5, 5.41) is 5.25. The van der Waals surface area contributed by atoms with Crippen molar-refractivity contribution in [2.45, 2.75) is 33.6 Å². The minimum absolute atomic E-state index is 0.365. The average molecular weight is 311 g/mol. The third kappa shape index (κ3) is 4.16. The molecule has 0 aliphatic rings. The van der Waals surface area contributed by atoms with E-state index in [1.54, 1.807) is 12.1 Å². The van der Waals surface area contributed by atoms with Crippen LogP contribution in [0, 0.1) is 6.92 Å². The molecular weight excluding hydrogens is 290 g/mol. The molecule has 0 aliphatic carbocycles. The number of hydrogen-bond acceptors (Lipinski definition) is 3. The van der Waals surface area contributed by atoms with E-state index < -0.39 is 11.8 Å². The lowest BCUT2D eigenvalue weighted by Crippen LogP contribution is -2.30. The summed E-state index contributed by atoms with van der Waals surface area (Å²) in [5.74, 6) is -1.05. The van der Waals surface area contributed by atoms with E-state index in [9.17, 15) is 9.59 Å². The van der Waals surface area contributed by atoms with Crippen LogP contribution in [0.15, 0.2) is 36.4 Å². The quantitative estimate of drug-likeness (QED) is 0.852. The van der Waals surface area contributed by atoms with Gasteiger partial charge in [0.15, 0.2) is 0 Å². The molecule has 2 amide bonds. The first-order valence-corrected chi connectivity index (χ1v) is 7.71. The van der Waals surface area contributed by atoms with Gasteiger partial charge in [-0.3, -0.25) is 9.59 Å². The van der Waals surface area contributed by atoms with E-state index in [-0.39, 0.29) is 0 Å². The molecule has 0 aliphatic heterocycles. The molecule has 0 spiro atoms. The number of para-hydroxylation sites is 1. The van der Waals surface area contributed by atoms with E-state index in [4.69, 9.17) is 0 Å². The van der Waals surface area contributed by atoms with E-state index in [0.717, 1.165) is 35.3 Å². The number of aryl methyl sites for hydroxylation is 3. The zero-order chi connectivity index (χ0) is 16.8. The highest BCUT2D eigenvalue weighted by Gasteiger charge is 2.17. The van der Waals surface area contributed by atoms with Crippen LogP contribution in [0.4, 0.5) is 11.5 Å². The zero-order valence-corrected chi connectivity index (χ0v) is 13.6. The van der Waals surface area contributed by atoms with Crippen LogP contribution in [0.1, 0.15) is 30.7 Å². The minimum Gasteiger partial charge on any atom is -0.317 e. The van der Waals surface area contributed by atoms with Gasteiger partial charge < -0.3 is 10.6 Å². The Hall–Kier alpha value is -2.69. The molecule has 0 unspecified atom stereocenters. The van der Waals surface area contributed by atoms with Crippen molar-refractivity contribution in [3.63, 3.8) is 0 Å².